The van der Waals surface area contributed by atoms with E-state index in [1.54, 1.807) is 4.31 Å². The fourth-order valence-electron chi connectivity index (χ4n) is 2.63. The van der Waals surface area contributed by atoms with Crippen LogP contribution in [-0.4, -0.2) is 44.2 Å². The van der Waals surface area contributed by atoms with Crippen molar-refractivity contribution in [2.75, 3.05) is 25.4 Å². The molecule has 0 saturated carbocycles. The van der Waals surface area contributed by atoms with Crippen LogP contribution in [0.15, 0.2) is 0 Å². The highest BCUT2D eigenvalue weighted by Gasteiger charge is 2.30. The molecule has 0 bridgehead atoms. The summed E-state index contributed by atoms with van der Waals surface area (Å²) in [5.74, 6) is 0.768. The van der Waals surface area contributed by atoms with E-state index < -0.39 is 10.0 Å². The third-order valence-corrected chi connectivity index (χ3v) is 5.92. The van der Waals surface area contributed by atoms with Crippen molar-refractivity contribution in [1.82, 2.24) is 9.62 Å². The molecule has 114 valence electrons. The first-order valence-electron chi connectivity index (χ1n) is 7.72. The molecule has 1 rings (SSSR count). The largest absolute Gasteiger partial charge is 0.314 e. The quantitative estimate of drug-likeness (QED) is 0.745. The van der Waals surface area contributed by atoms with Crippen molar-refractivity contribution in [3.8, 4) is 0 Å². The number of nitrogens with zero attached hydrogens (tertiary/aromatic N) is 1. The van der Waals surface area contributed by atoms with Gasteiger partial charge in [0.2, 0.25) is 10.0 Å². The summed E-state index contributed by atoms with van der Waals surface area (Å²) in [6, 6.07) is 0.407. The van der Waals surface area contributed by atoms with Gasteiger partial charge >= 0.3 is 0 Å². The number of hydrogen-bond donors (Lipinski definition) is 1. The van der Waals surface area contributed by atoms with Gasteiger partial charge in [0.1, 0.15) is 0 Å². The Morgan fingerprint density at radius 3 is 2.68 bits per heavy atom. The van der Waals surface area contributed by atoms with Gasteiger partial charge in [-0.25, -0.2) is 12.7 Å². The van der Waals surface area contributed by atoms with Gasteiger partial charge in [-0.1, -0.05) is 20.3 Å². The molecule has 19 heavy (non-hydrogen) atoms. The van der Waals surface area contributed by atoms with Gasteiger partial charge in [-0.15, -0.1) is 0 Å². The molecular formula is C14H30N2O2S. The van der Waals surface area contributed by atoms with Crippen molar-refractivity contribution in [1.29, 1.82) is 0 Å². The van der Waals surface area contributed by atoms with E-state index in [-0.39, 0.29) is 0 Å². The van der Waals surface area contributed by atoms with E-state index >= 15 is 0 Å². The Labute approximate surface area is 119 Å². The molecule has 0 amide bonds. The monoisotopic (exact) mass is 290 g/mol. The summed E-state index contributed by atoms with van der Waals surface area (Å²) in [4.78, 5) is 0. The van der Waals surface area contributed by atoms with Crippen LogP contribution in [0, 0.1) is 5.92 Å². The zero-order valence-electron chi connectivity index (χ0n) is 12.7. The smallest absolute Gasteiger partial charge is 0.214 e. The molecular weight excluding hydrogens is 260 g/mol. The summed E-state index contributed by atoms with van der Waals surface area (Å²) in [6.45, 7) is 8.79. The van der Waals surface area contributed by atoms with Crippen molar-refractivity contribution >= 4 is 10.0 Å². The lowest BCUT2D eigenvalue weighted by molar-refractivity contribution is 0.224. The lowest BCUT2D eigenvalue weighted by Crippen LogP contribution is -2.47. The molecule has 0 aromatic carbocycles. The van der Waals surface area contributed by atoms with Crippen LogP contribution in [0.25, 0.3) is 0 Å². The van der Waals surface area contributed by atoms with Gasteiger partial charge in [-0.2, -0.15) is 0 Å². The molecule has 0 aromatic heterocycles. The predicted molar refractivity (Wildman–Crippen MR) is 80.7 cm³/mol. The van der Waals surface area contributed by atoms with Crippen molar-refractivity contribution in [3.05, 3.63) is 0 Å². The maximum atomic E-state index is 12.2. The lowest BCUT2D eigenvalue weighted by Gasteiger charge is -2.35. The van der Waals surface area contributed by atoms with Gasteiger partial charge in [-0.3, -0.25) is 0 Å². The van der Waals surface area contributed by atoms with Crippen LogP contribution in [0.3, 0.4) is 0 Å². The molecule has 1 aliphatic rings. The molecule has 1 N–H and O–H groups in total. The second-order valence-electron chi connectivity index (χ2n) is 5.67. The molecule has 5 heteroatoms. The number of sulfonamides is 1. The molecule has 0 aliphatic carbocycles. The van der Waals surface area contributed by atoms with E-state index in [2.05, 4.69) is 19.2 Å². The van der Waals surface area contributed by atoms with Crippen molar-refractivity contribution in [2.45, 2.75) is 58.9 Å². The maximum Gasteiger partial charge on any atom is 0.214 e. The molecule has 2 atom stereocenters. The summed E-state index contributed by atoms with van der Waals surface area (Å²) in [7, 11) is -3.03. The minimum absolute atomic E-state index is 0.312. The lowest BCUT2D eigenvalue weighted by atomic mass is 9.93. The van der Waals surface area contributed by atoms with Crippen LogP contribution < -0.4 is 5.32 Å². The second-order valence-corrected chi connectivity index (χ2v) is 7.76. The van der Waals surface area contributed by atoms with Crippen LogP contribution in [0.5, 0.6) is 0 Å². The Kier molecular flexibility index (Phi) is 7.32. The Morgan fingerprint density at radius 2 is 2.05 bits per heavy atom. The van der Waals surface area contributed by atoms with Gasteiger partial charge in [0.05, 0.1) is 5.75 Å². The van der Waals surface area contributed by atoms with E-state index in [0.717, 1.165) is 38.6 Å². The highest BCUT2D eigenvalue weighted by atomic mass is 32.2. The molecule has 0 aromatic rings. The number of piperidine rings is 1. The van der Waals surface area contributed by atoms with Gasteiger partial charge < -0.3 is 5.32 Å². The average molecular weight is 290 g/mol. The van der Waals surface area contributed by atoms with E-state index in [1.807, 2.05) is 6.92 Å². The normalized spacial score (nSPS) is 23.4. The number of hydrogen-bond acceptors (Lipinski definition) is 3. The summed E-state index contributed by atoms with van der Waals surface area (Å²) < 4.78 is 26.2. The van der Waals surface area contributed by atoms with Crippen LogP contribution in [-0.2, 0) is 10.0 Å². The van der Waals surface area contributed by atoms with Gasteiger partial charge in [-0.05, 0) is 45.1 Å². The van der Waals surface area contributed by atoms with E-state index in [9.17, 15) is 8.42 Å². The highest BCUT2D eigenvalue weighted by molar-refractivity contribution is 7.89. The minimum atomic E-state index is -3.03. The third-order valence-electron chi connectivity index (χ3n) is 3.99. The van der Waals surface area contributed by atoms with Gasteiger partial charge in [0.25, 0.3) is 0 Å². The fraction of sp³-hybridized carbons (Fsp3) is 1.00. The fourth-order valence-corrected chi connectivity index (χ4v) is 4.37. The first-order chi connectivity index (χ1) is 9.01. The summed E-state index contributed by atoms with van der Waals surface area (Å²) in [5.41, 5.74) is 0. The summed E-state index contributed by atoms with van der Waals surface area (Å²) in [5, 5.41) is 3.50. The third kappa shape index (κ3) is 5.40. The van der Waals surface area contributed by atoms with Gasteiger partial charge in [0.15, 0.2) is 0 Å². The van der Waals surface area contributed by atoms with Crippen molar-refractivity contribution in [2.24, 2.45) is 5.92 Å². The Morgan fingerprint density at radius 1 is 1.32 bits per heavy atom. The molecule has 1 fully saturated rings. The molecule has 2 unspecified atom stereocenters. The standard InChI is InChI=1S/C14H30N2O2S/c1-4-6-11-19(17,18)16-10-7-8-14(12-16)13(3)15-9-5-2/h13-15H,4-12H2,1-3H3. The first kappa shape index (κ1) is 16.9. The molecule has 4 nitrogen and oxygen atoms in total. The number of unbranched alkanes of at least 4 members (excludes halogenated alkanes) is 1. The Balaban J connectivity index is 2.53. The van der Waals surface area contributed by atoms with Crippen molar-refractivity contribution in [3.63, 3.8) is 0 Å². The van der Waals surface area contributed by atoms with E-state index in [4.69, 9.17) is 0 Å². The van der Waals surface area contributed by atoms with Crippen molar-refractivity contribution < 1.29 is 8.42 Å². The highest BCUT2D eigenvalue weighted by Crippen LogP contribution is 2.22. The molecule has 1 heterocycles. The van der Waals surface area contributed by atoms with E-state index in [1.165, 1.54) is 0 Å². The summed E-state index contributed by atoms with van der Waals surface area (Å²) in [6.07, 6.45) is 4.96. The average Bonchev–Trinajstić information content (AvgIpc) is 2.42. The predicted octanol–water partition coefficient (Wildman–Crippen LogP) is 2.22. The number of nitrogens with one attached hydrogen (secondary N) is 1. The zero-order chi connectivity index (χ0) is 14.3. The maximum absolute atomic E-state index is 12.2. The molecule has 0 radical (unpaired) electrons. The van der Waals surface area contributed by atoms with Crippen LogP contribution in [0.2, 0.25) is 0 Å². The number of rotatable bonds is 8. The SMILES string of the molecule is CCCCS(=O)(=O)N1CCCC(C(C)NCCC)C1. The molecule has 1 aliphatic heterocycles. The van der Waals surface area contributed by atoms with E-state index in [0.29, 0.717) is 30.8 Å². The van der Waals surface area contributed by atoms with Gasteiger partial charge in [0, 0.05) is 19.1 Å². The second kappa shape index (κ2) is 8.22. The first-order valence-corrected chi connectivity index (χ1v) is 9.33. The zero-order valence-corrected chi connectivity index (χ0v) is 13.5. The summed E-state index contributed by atoms with van der Waals surface area (Å²) >= 11 is 0. The Bertz CT molecular complexity index is 343. The minimum Gasteiger partial charge on any atom is -0.314 e. The van der Waals surface area contributed by atoms with Crippen LogP contribution in [0.1, 0.15) is 52.9 Å². The van der Waals surface area contributed by atoms with Crippen LogP contribution >= 0.6 is 0 Å². The topological polar surface area (TPSA) is 49.4 Å². The van der Waals surface area contributed by atoms with Crippen LogP contribution in [0.4, 0.5) is 0 Å². The molecule has 0 spiro atoms. The Hall–Kier alpha value is -0.130. The molecule has 1 saturated heterocycles.